The molecule has 2 aromatic rings. The Morgan fingerprint density at radius 3 is 2.67 bits per heavy atom. The van der Waals surface area contributed by atoms with Crippen LogP contribution in [0.4, 0.5) is 4.79 Å². The summed E-state index contributed by atoms with van der Waals surface area (Å²) in [4.78, 5) is 18.2. The van der Waals surface area contributed by atoms with E-state index in [2.05, 4.69) is 4.98 Å². The highest BCUT2D eigenvalue weighted by Crippen LogP contribution is 2.28. The van der Waals surface area contributed by atoms with Gasteiger partial charge in [-0.2, -0.15) is 0 Å². The first-order valence-corrected chi connectivity index (χ1v) is 9.50. The molecular weight excluding hydrogens is 346 g/mol. The van der Waals surface area contributed by atoms with Crippen molar-refractivity contribution < 1.29 is 19.1 Å². The summed E-state index contributed by atoms with van der Waals surface area (Å²) in [6.45, 7) is 6.88. The molecule has 1 aliphatic rings. The number of para-hydroxylation sites is 2. The molecule has 3 N–H and O–H groups in total. The second-order valence-electron chi connectivity index (χ2n) is 8.27. The third-order valence-corrected chi connectivity index (χ3v) is 4.84. The number of oxazole rings is 1. The molecular formula is C20H29N3O4. The van der Waals surface area contributed by atoms with Gasteiger partial charge < -0.3 is 24.9 Å². The van der Waals surface area contributed by atoms with E-state index in [-0.39, 0.29) is 12.0 Å². The third kappa shape index (κ3) is 4.99. The highest BCUT2D eigenvalue weighted by molar-refractivity contribution is 5.72. The Morgan fingerprint density at radius 2 is 2.04 bits per heavy atom. The molecule has 0 aliphatic carbocycles. The Balaban J connectivity index is 1.51. The van der Waals surface area contributed by atoms with Gasteiger partial charge in [-0.15, -0.1) is 0 Å². The number of carbonyl (C=O) groups excluding carboxylic acids is 1. The number of fused-ring (bicyclic) bond motifs is 1. The largest absolute Gasteiger partial charge is 0.444 e. The molecule has 2 atom stereocenters. The summed E-state index contributed by atoms with van der Waals surface area (Å²) < 4.78 is 11.0. The Morgan fingerprint density at radius 1 is 1.37 bits per heavy atom. The summed E-state index contributed by atoms with van der Waals surface area (Å²) in [5.74, 6) is 0.604. The van der Waals surface area contributed by atoms with E-state index in [1.165, 1.54) is 0 Å². The van der Waals surface area contributed by atoms with Gasteiger partial charge in [0.1, 0.15) is 17.2 Å². The fraction of sp³-hybridized carbons (Fsp3) is 0.600. The molecule has 7 nitrogen and oxygen atoms in total. The van der Waals surface area contributed by atoms with Gasteiger partial charge in [-0.1, -0.05) is 12.1 Å². The normalized spacial score (nSPS) is 18.5. The Hall–Kier alpha value is -2.12. The van der Waals surface area contributed by atoms with E-state index in [9.17, 15) is 9.90 Å². The third-order valence-electron chi connectivity index (χ3n) is 4.84. The van der Waals surface area contributed by atoms with Crippen LogP contribution in [0.5, 0.6) is 0 Å². The SMILES string of the molecule is CC(C)(C)OC(=O)N1CCC(C[C@H](N)C(O)c2nc3ccccc3o2)CC1. The number of piperidine rings is 1. The smallest absolute Gasteiger partial charge is 0.410 e. The number of aromatic nitrogens is 1. The molecule has 1 aliphatic heterocycles. The topological polar surface area (TPSA) is 102 Å². The van der Waals surface area contributed by atoms with Crippen LogP contribution in [0.25, 0.3) is 11.1 Å². The molecule has 27 heavy (non-hydrogen) atoms. The maximum atomic E-state index is 12.1. The number of rotatable bonds is 4. The first kappa shape index (κ1) is 19.6. The molecule has 2 heterocycles. The highest BCUT2D eigenvalue weighted by Gasteiger charge is 2.30. The zero-order valence-electron chi connectivity index (χ0n) is 16.2. The predicted octanol–water partition coefficient (Wildman–Crippen LogP) is 3.23. The van der Waals surface area contributed by atoms with Crippen molar-refractivity contribution in [2.24, 2.45) is 11.7 Å². The highest BCUT2D eigenvalue weighted by atomic mass is 16.6. The van der Waals surface area contributed by atoms with Crippen LogP contribution in [0.3, 0.4) is 0 Å². The first-order chi connectivity index (χ1) is 12.7. The summed E-state index contributed by atoms with van der Waals surface area (Å²) >= 11 is 0. The van der Waals surface area contributed by atoms with Crippen molar-refractivity contribution in [1.29, 1.82) is 0 Å². The lowest BCUT2D eigenvalue weighted by atomic mass is 9.89. The molecule has 0 radical (unpaired) electrons. The summed E-state index contributed by atoms with van der Waals surface area (Å²) in [7, 11) is 0. The van der Waals surface area contributed by atoms with Crippen molar-refractivity contribution in [3.8, 4) is 0 Å². The van der Waals surface area contributed by atoms with Crippen LogP contribution in [0.15, 0.2) is 28.7 Å². The standard InChI is InChI=1S/C20H29N3O4/c1-20(2,3)27-19(25)23-10-8-13(9-11-23)12-14(21)17(24)18-22-15-6-4-5-7-16(15)26-18/h4-7,13-14,17,24H,8-12,21H2,1-3H3/t14-,17?/m0/s1. The Labute approximate surface area is 159 Å². The number of likely N-dealkylation sites (tertiary alicyclic amines) is 1. The van der Waals surface area contributed by atoms with Gasteiger partial charge in [0, 0.05) is 19.1 Å². The number of hydrogen-bond donors (Lipinski definition) is 2. The summed E-state index contributed by atoms with van der Waals surface area (Å²) in [6.07, 6.45) is 1.13. The zero-order chi connectivity index (χ0) is 19.6. The number of aliphatic hydroxyl groups is 1. The van der Waals surface area contributed by atoms with Gasteiger partial charge in [-0.3, -0.25) is 0 Å². The van der Waals surface area contributed by atoms with Crippen LogP contribution in [-0.4, -0.2) is 45.8 Å². The second kappa shape index (κ2) is 7.86. The number of benzene rings is 1. The summed E-state index contributed by atoms with van der Waals surface area (Å²) in [6, 6.07) is 6.93. The van der Waals surface area contributed by atoms with Crippen molar-refractivity contribution in [1.82, 2.24) is 9.88 Å². The predicted molar refractivity (Wildman–Crippen MR) is 102 cm³/mol. The molecule has 148 valence electrons. The molecule has 0 saturated carbocycles. The fourth-order valence-electron chi connectivity index (χ4n) is 3.39. The van der Waals surface area contributed by atoms with E-state index >= 15 is 0 Å². The monoisotopic (exact) mass is 375 g/mol. The molecule has 7 heteroatoms. The van der Waals surface area contributed by atoms with Crippen LogP contribution >= 0.6 is 0 Å². The molecule has 1 saturated heterocycles. The summed E-state index contributed by atoms with van der Waals surface area (Å²) in [5.41, 5.74) is 7.09. The number of nitrogens with two attached hydrogens (primary N) is 1. The minimum atomic E-state index is -0.943. The van der Waals surface area contributed by atoms with Crippen molar-refractivity contribution in [3.63, 3.8) is 0 Å². The van der Waals surface area contributed by atoms with Gasteiger partial charge >= 0.3 is 6.09 Å². The molecule has 0 bridgehead atoms. The average Bonchev–Trinajstić information content (AvgIpc) is 3.04. The molecule has 1 unspecified atom stereocenters. The van der Waals surface area contributed by atoms with Gasteiger partial charge in [0.2, 0.25) is 5.89 Å². The van der Waals surface area contributed by atoms with Gasteiger partial charge in [-0.25, -0.2) is 9.78 Å². The lowest BCUT2D eigenvalue weighted by Gasteiger charge is -2.34. The van der Waals surface area contributed by atoms with E-state index in [0.29, 0.717) is 36.5 Å². The number of amides is 1. The van der Waals surface area contributed by atoms with Crippen LogP contribution in [0.1, 0.15) is 52.0 Å². The van der Waals surface area contributed by atoms with Crippen molar-refractivity contribution >= 4 is 17.2 Å². The van der Waals surface area contributed by atoms with E-state index < -0.39 is 17.7 Å². The lowest BCUT2D eigenvalue weighted by molar-refractivity contribution is 0.0168. The number of aliphatic hydroxyl groups excluding tert-OH is 1. The van der Waals surface area contributed by atoms with E-state index in [1.54, 1.807) is 4.90 Å². The fourth-order valence-corrected chi connectivity index (χ4v) is 3.39. The quantitative estimate of drug-likeness (QED) is 0.851. The molecule has 1 aromatic heterocycles. The zero-order valence-corrected chi connectivity index (χ0v) is 16.2. The first-order valence-electron chi connectivity index (χ1n) is 9.50. The minimum Gasteiger partial charge on any atom is -0.444 e. The second-order valence-corrected chi connectivity index (χ2v) is 8.27. The Kier molecular flexibility index (Phi) is 5.72. The molecule has 1 amide bonds. The van der Waals surface area contributed by atoms with Crippen molar-refractivity contribution in [2.75, 3.05) is 13.1 Å². The number of ether oxygens (including phenoxy) is 1. The Bertz CT molecular complexity index is 742. The number of carbonyl (C=O) groups is 1. The van der Waals surface area contributed by atoms with Gasteiger partial charge in [-0.05, 0) is 58.1 Å². The maximum absolute atomic E-state index is 12.1. The number of hydrogen-bond acceptors (Lipinski definition) is 6. The molecule has 3 rings (SSSR count). The summed E-state index contributed by atoms with van der Waals surface area (Å²) in [5, 5.41) is 10.5. The van der Waals surface area contributed by atoms with E-state index in [1.807, 2.05) is 45.0 Å². The van der Waals surface area contributed by atoms with Crippen LogP contribution in [0.2, 0.25) is 0 Å². The van der Waals surface area contributed by atoms with Crippen LogP contribution in [0, 0.1) is 5.92 Å². The van der Waals surface area contributed by atoms with E-state index in [4.69, 9.17) is 14.9 Å². The van der Waals surface area contributed by atoms with E-state index in [0.717, 1.165) is 12.8 Å². The lowest BCUT2D eigenvalue weighted by Crippen LogP contribution is -2.43. The van der Waals surface area contributed by atoms with Gasteiger partial charge in [0.25, 0.3) is 0 Å². The van der Waals surface area contributed by atoms with Gasteiger partial charge in [0.05, 0.1) is 0 Å². The minimum absolute atomic E-state index is 0.259. The van der Waals surface area contributed by atoms with Crippen LogP contribution < -0.4 is 5.73 Å². The average molecular weight is 375 g/mol. The molecule has 1 fully saturated rings. The van der Waals surface area contributed by atoms with Crippen molar-refractivity contribution in [2.45, 2.75) is 57.8 Å². The number of nitrogens with zero attached hydrogens (tertiary/aromatic N) is 2. The van der Waals surface area contributed by atoms with Crippen molar-refractivity contribution in [3.05, 3.63) is 30.2 Å². The van der Waals surface area contributed by atoms with Crippen LogP contribution in [-0.2, 0) is 4.74 Å². The van der Waals surface area contributed by atoms with Gasteiger partial charge in [0.15, 0.2) is 5.58 Å². The molecule has 0 spiro atoms. The maximum Gasteiger partial charge on any atom is 0.410 e. The molecule has 1 aromatic carbocycles.